The first-order chi connectivity index (χ1) is 7.79. The lowest BCUT2D eigenvalue weighted by atomic mass is 10.3. The van der Waals surface area contributed by atoms with Crippen molar-refractivity contribution < 1.29 is 4.79 Å². The molecule has 0 aliphatic carbocycles. The molecular formula is C11H16N4O. The maximum Gasteiger partial charge on any atom is 0.221 e. The zero-order valence-corrected chi connectivity index (χ0v) is 9.15. The number of rotatable bonds is 2. The highest BCUT2D eigenvalue weighted by Gasteiger charge is 2.13. The van der Waals surface area contributed by atoms with Crippen LogP contribution in [0.5, 0.6) is 0 Å². The molecule has 1 fully saturated rings. The molecule has 1 aromatic rings. The smallest absolute Gasteiger partial charge is 0.221 e. The van der Waals surface area contributed by atoms with Gasteiger partial charge in [0, 0.05) is 32.6 Å². The van der Waals surface area contributed by atoms with Crippen molar-refractivity contribution in [2.45, 2.75) is 13.0 Å². The Kier molecular flexibility index (Phi) is 3.36. The van der Waals surface area contributed by atoms with E-state index < -0.39 is 0 Å². The van der Waals surface area contributed by atoms with Gasteiger partial charge in [0.05, 0.1) is 17.6 Å². The fraction of sp³-hybridized carbons (Fsp3) is 0.455. The number of anilines is 1. The molecule has 0 atom stereocenters. The van der Waals surface area contributed by atoms with Gasteiger partial charge in [-0.05, 0) is 12.1 Å². The quantitative estimate of drug-likeness (QED) is 0.728. The number of nitrogens with one attached hydrogen (secondary N) is 1. The van der Waals surface area contributed by atoms with Crippen LogP contribution < -0.4 is 16.0 Å². The first kappa shape index (κ1) is 10.9. The van der Waals surface area contributed by atoms with Crippen LogP contribution in [0.3, 0.4) is 0 Å². The van der Waals surface area contributed by atoms with Crippen LogP contribution in [0, 0.1) is 0 Å². The summed E-state index contributed by atoms with van der Waals surface area (Å²) in [7, 11) is 0. The van der Waals surface area contributed by atoms with E-state index in [1.807, 2.05) is 18.3 Å². The summed E-state index contributed by atoms with van der Waals surface area (Å²) in [6, 6.07) is 3.93. The monoisotopic (exact) mass is 220 g/mol. The normalized spacial score (nSPS) is 16.8. The van der Waals surface area contributed by atoms with Crippen LogP contribution in [0.4, 0.5) is 5.69 Å². The topological polar surface area (TPSA) is 71.2 Å². The van der Waals surface area contributed by atoms with Crippen molar-refractivity contribution in [2.24, 2.45) is 5.73 Å². The van der Waals surface area contributed by atoms with E-state index in [2.05, 4.69) is 15.2 Å². The average Bonchev–Trinajstić information content (AvgIpc) is 2.54. The summed E-state index contributed by atoms with van der Waals surface area (Å²) in [5.41, 5.74) is 7.42. The summed E-state index contributed by atoms with van der Waals surface area (Å²) in [6.45, 7) is 2.72. The van der Waals surface area contributed by atoms with Gasteiger partial charge in [-0.25, -0.2) is 0 Å². The van der Waals surface area contributed by atoms with Crippen molar-refractivity contribution in [3.63, 3.8) is 0 Å². The predicted octanol–water partition coefficient (Wildman–Crippen LogP) is -0.133. The summed E-state index contributed by atoms with van der Waals surface area (Å²) in [5.74, 6) is 0.119. The molecule has 0 radical (unpaired) electrons. The fourth-order valence-electron chi connectivity index (χ4n) is 1.75. The van der Waals surface area contributed by atoms with Gasteiger partial charge in [-0.15, -0.1) is 0 Å². The van der Waals surface area contributed by atoms with Gasteiger partial charge in [-0.2, -0.15) is 0 Å². The summed E-state index contributed by atoms with van der Waals surface area (Å²) < 4.78 is 0. The van der Waals surface area contributed by atoms with Crippen LogP contribution in [-0.2, 0) is 11.3 Å². The minimum Gasteiger partial charge on any atom is -0.368 e. The summed E-state index contributed by atoms with van der Waals surface area (Å²) >= 11 is 0. The van der Waals surface area contributed by atoms with Crippen LogP contribution in [-0.4, -0.2) is 30.5 Å². The molecule has 0 bridgehead atoms. The van der Waals surface area contributed by atoms with E-state index in [1.165, 1.54) is 0 Å². The lowest BCUT2D eigenvalue weighted by molar-refractivity contribution is -0.120. The third-order valence-electron chi connectivity index (χ3n) is 2.70. The van der Waals surface area contributed by atoms with Gasteiger partial charge in [0.25, 0.3) is 0 Å². The number of carbonyl (C=O) groups is 1. The van der Waals surface area contributed by atoms with Gasteiger partial charge in [0.1, 0.15) is 0 Å². The number of nitrogens with two attached hydrogens (primary N) is 1. The molecule has 1 amide bonds. The van der Waals surface area contributed by atoms with Crippen molar-refractivity contribution in [1.29, 1.82) is 0 Å². The molecule has 1 aliphatic rings. The van der Waals surface area contributed by atoms with Gasteiger partial charge in [0.2, 0.25) is 5.91 Å². The molecule has 0 saturated carbocycles. The van der Waals surface area contributed by atoms with Crippen LogP contribution in [0.25, 0.3) is 0 Å². The number of pyridine rings is 1. The highest BCUT2D eigenvalue weighted by molar-refractivity contribution is 5.77. The van der Waals surface area contributed by atoms with E-state index in [0.29, 0.717) is 19.5 Å². The Hall–Kier alpha value is -1.62. The predicted molar refractivity (Wildman–Crippen MR) is 62.0 cm³/mol. The molecule has 86 valence electrons. The molecule has 3 N–H and O–H groups in total. The number of hydrogen-bond donors (Lipinski definition) is 2. The van der Waals surface area contributed by atoms with Gasteiger partial charge >= 0.3 is 0 Å². The average molecular weight is 220 g/mol. The second-order valence-electron chi connectivity index (χ2n) is 3.80. The summed E-state index contributed by atoms with van der Waals surface area (Å²) in [6.07, 6.45) is 2.36. The number of hydrogen-bond acceptors (Lipinski definition) is 4. The summed E-state index contributed by atoms with van der Waals surface area (Å²) in [5, 5.41) is 2.85. The number of carbonyl (C=O) groups excluding carboxylic acids is 1. The zero-order chi connectivity index (χ0) is 11.4. The largest absolute Gasteiger partial charge is 0.368 e. The third-order valence-corrected chi connectivity index (χ3v) is 2.70. The molecule has 0 unspecified atom stereocenters. The van der Waals surface area contributed by atoms with E-state index in [0.717, 1.165) is 24.5 Å². The maximum absolute atomic E-state index is 11.2. The summed E-state index contributed by atoms with van der Waals surface area (Å²) in [4.78, 5) is 17.6. The van der Waals surface area contributed by atoms with E-state index in [1.54, 1.807) is 0 Å². The Morgan fingerprint density at radius 1 is 1.44 bits per heavy atom. The number of aromatic nitrogens is 1. The lowest BCUT2D eigenvalue weighted by Gasteiger charge is -2.21. The van der Waals surface area contributed by atoms with Crippen molar-refractivity contribution in [3.8, 4) is 0 Å². The van der Waals surface area contributed by atoms with Crippen molar-refractivity contribution in [1.82, 2.24) is 10.3 Å². The molecule has 5 nitrogen and oxygen atoms in total. The van der Waals surface area contributed by atoms with Crippen LogP contribution in [0.15, 0.2) is 18.3 Å². The van der Waals surface area contributed by atoms with Crippen molar-refractivity contribution in [3.05, 3.63) is 24.0 Å². The van der Waals surface area contributed by atoms with E-state index in [4.69, 9.17) is 5.73 Å². The lowest BCUT2D eigenvalue weighted by Crippen LogP contribution is -2.28. The first-order valence-corrected chi connectivity index (χ1v) is 5.46. The van der Waals surface area contributed by atoms with E-state index >= 15 is 0 Å². The number of nitrogens with zero attached hydrogens (tertiary/aromatic N) is 2. The molecule has 1 saturated heterocycles. The van der Waals surface area contributed by atoms with Crippen LogP contribution in [0.2, 0.25) is 0 Å². The second kappa shape index (κ2) is 4.94. The maximum atomic E-state index is 11.2. The molecule has 1 aliphatic heterocycles. The Morgan fingerprint density at radius 2 is 2.31 bits per heavy atom. The Labute approximate surface area is 94.6 Å². The molecule has 16 heavy (non-hydrogen) atoms. The van der Waals surface area contributed by atoms with Gasteiger partial charge in [0.15, 0.2) is 0 Å². The minimum atomic E-state index is 0.119. The van der Waals surface area contributed by atoms with Gasteiger partial charge in [-0.3, -0.25) is 9.78 Å². The molecule has 0 aromatic carbocycles. The Balaban J connectivity index is 2.07. The standard InChI is InChI=1S/C11H16N4O/c12-7-9-1-2-10(8-14-9)15-5-3-11(16)13-4-6-15/h1-2,8H,3-7,12H2,(H,13,16). The Morgan fingerprint density at radius 3 is 3.00 bits per heavy atom. The van der Waals surface area contributed by atoms with E-state index in [-0.39, 0.29) is 5.91 Å². The molecule has 2 heterocycles. The Bertz CT molecular complexity index is 363. The molecule has 2 rings (SSSR count). The highest BCUT2D eigenvalue weighted by Crippen LogP contribution is 2.14. The van der Waals surface area contributed by atoms with E-state index in [9.17, 15) is 4.79 Å². The second-order valence-corrected chi connectivity index (χ2v) is 3.80. The molecule has 5 heteroatoms. The highest BCUT2D eigenvalue weighted by atomic mass is 16.1. The zero-order valence-electron chi connectivity index (χ0n) is 9.15. The van der Waals surface area contributed by atoms with Crippen molar-refractivity contribution in [2.75, 3.05) is 24.5 Å². The van der Waals surface area contributed by atoms with Crippen molar-refractivity contribution >= 4 is 11.6 Å². The molecule has 1 aromatic heterocycles. The molecule has 0 spiro atoms. The van der Waals surface area contributed by atoms with Gasteiger partial charge < -0.3 is 16.0 Å². The number of amides is 1. The van der Waals surface area contributed by atoms with Crippen LogP contribution in [0.1, 0.15) is 12.1 Å². The SMILES string of the molecule is NCc1ccc(N2CCNC(=O)CC2)cn1. The van der Waals surface area contributed by atoms with Crippen LogP contribution >= 0.6 is 0 Å². The first-order valence-electron chi connectivity index (χ1n) is 5.46. The fourth-order valence-corrected chi connectivity index (χ4v) is 1.75. The van der Waals surface area contributed by atoms with Gasteiger partial charge in [-0.1, -0.05) is 0 Å². The third kappa shape index (κ3) is 2.49. The molecular weight excluding hydrogens is 204 g/mol. The minimum absolute atomic E-state index is 0.119.